The normalized spacial score (nSPS) is 12.1. The first-order valence-electron chi connectivity index (χ1n) is 9.41. The molecule has 0 aliphatic heterocycles. The Balaban J connectivity index is 2.02. The molecule has 0 fully saturated rings. The summed E-state index contributed by atoms with van der Waals surface area (Å²) in [4.78, 5) is 30.3. The Labute approximate surface area is 174 Å². The van der Waals surface area contributed by atoms with E-state index in [1.807, 2.05) is 57.2 Å². The van der Waals surface area contributed by atoms with Crippen molar-refractivity contribution in [1.29, 1.82) is 0 Å². The van der Waals surface area contributed by atoms with Crippen molar-refractivity contribution in [2.75, 3.05) is 19.5 Å². The van der Waals surface area contributed by atoms with Crippen LogP contribution in [-0.4, -0.2) is 41.0 Å². The number of nitrogens with zero attached hydrogens (tertiary/aromatic N) is 2. The number of thioether (sulfide) groups is 1. The zero-order valence-corrected chi connectivity index (χ0v) is 17.9. The van der Waals surface area contributed by atoms with Crippen molar-refractivity contribution in [2.24, 2.45) is 0 Å². The Morgan fingerprint density at radius 1 is 1.24 bits per heavy atom. The Kier molecular flexibility index (Phi) is 6.71. The van der Waals surface area contributed by atoms with Crippen LogP contribution in [0.2, 0.25) is 0 Å². The van der Waals surface area contributed by atoms with Crippen molar-refractivity contribution in [2.45, 2.75) is 32.0 Å². The molecule has 2 aromatic carbocycles. The lowest BCUT2D eigenvalue weighted by Crippen LogP contribution is -2.36. The van der Waals surface area contributed by atoms with Gasteiger partial charge in [0.2, 0.25) is 5.91 Å². The Morgan fingerprint density at radius 2 is 2.00 bits per heavy atom. The summed E-state index contributed by atoms with van der Waals surface area (Å²) >= 11 is 1.25. The van der Waals surface area contributed by atoms with E-state index in [1.54, 1.807) is 17.7 Å². The van der Waals surface area contributed by atoms with E-state index in [1.165, 1.54) is 11.8 Å². The summed E-state index contributed by atoms with van der Waals surface area (Å²) in [6, 6.07) is 13.2. The number of fused-ring (bicyclic) bond motifs is 1. The van der Waals surface area contributed by atoms with E-state index in [0.717, 1.165) is 16.8 Å². The quantitative estimate of drug-likeness (QED) is 0.477. The zero-order valence-electron chi connectivity index (χ0n) is 17.1. The summed E-state index contributed by atoms with van der Waals surface area (Å²) in [6.07, 6.45) is 0. The Morgan fingerprint density at radius 3 is 2.76 bits per heavy atom. The molecule has 29 heavy (non-hydrogen) atoms. The number of methoxy groups -OCH3 is 1. The summed E-state index contributed by atoms with van der Waals surface area (Å²) in [5.41, 5.74) is 3.28. The second-order valence-electron chi connectivity index (χ2n) is 7.05. The summed E-state index contributed by atoms with van der Waals surface area (Å²) in [6.45, 7) is 6.27. The molecule has 0 radical (unpaired) electrons. The van der Waals surface area contributed by atoms with E-state index >= 15 is 0 Å². The maximum absolute atomic E-state index is 13.3. The van der Waals surface area contributed by atoms with Gasteiger partial charge >= 0.3 is 0 Å². The molecule has 152 valence electrons. The molecule has 0 saturated heterocycles. The number of benzene rings is 2. The summed E-state index contributed by atoms with van der Waals surface area (Å²) in [5, 5.41) is 3.93. The smallest absolute Gasteiger partial charge is 0.266 e. The zero-order chi connectivity index (χ0) is 21.0. The van der Waals surface area contributed by atoms with E-state index in [-0.39, 0.29) is 23.3 Å². The molecule has 1 atom stereocenters. The number of rotatable bonds is 7. The minimum Gasteiger partial charge on any atom is -0.383 e. The number of para-hydroxylation sites is 1. The lowest BCUT2D eigenvalue weighted by Gasteiger charge is -2.16. The third-order valence-corrected chi connectivity index (χ3v) is 5.45. The largest absolute Gasteiger partial charge is 0.383 e. The number of aromatic nitrogens is 2. The minimum atomic E-state index is -0.139. The molecule has 1 N–H and O–H groups in total. The second-order valence-corrected chi connectivity index (χ2v) is 8.00. The third kappa shape index (κ3) is 4.86. The van der Waals surface area contributed by atoms with Gasteiger partial charge in [0, 0.05) is 13.2 Å². The monoisotopic (exact) mass is 411 g/mol. The highest BCUT2D eigenvalue weighted by Gasteiger charge is 2.17. The molecular weight excluding hydrogens is 386 g/mol. The number of hydrogen-bond donors (Lipinski definition) is 1. The van der Waals surface area contributed by atoms with Gasteiger partial charge in [-0.05, 0) is 50.1 Å². The molecule has 3 rings (SSSR count). The van der Waals surface area contributed by atoms with Gasteiger partial charge in [-0.15, -0.1) is 0 Å². The highest BCUT2D eigenvalue weighted by atomic mass is 32.2. The Hall–Kier alpha value is -2.64. The molecular formula is C22H25N3O3S. The SMILES string of the molecule is COCC(C)NC(=O)CSc1nc2ccccc2c(=O)n1-c1cc(C)ccc1C. The fraction of sp³-hybridized carbons (Fsp3) is 0.318. The van der Waals surface area contributed by atoms with Crippen molar-refractivity contribution in [3.8, 4) is 5.69 Å². The molecule has 0 saturated carbocycles. The Bertz CT molecular complexity index is 1090. The van der Waals surface area contributed by atoms with E-state index in [9.17, 15) is 9.59 Å². The van der Waals surface area contributed by atoms with Crippen molar-refractivity contribution < 1.29 is 9.53 Å². The minimum absolute atomic E-state index is 0.0844. The maximum Gasteiger partial charge on any atom is 0.266 e. The predicted octanol–water partition coefficient (Wildman–Crippen LogP) is 3.25. The van der Waals surface area contributed by atoms with Crippen LogP contribution < -0.4 is 10.9 Å². The fourth-order valence-electron chi connectivity index (χ4n) is 3.12. The van der Waals surface area contributed by atoms with Crippen LogP contribution in [0.1, 0.15) is 18.1 Å². The predicted molar refractivity (Wildman–Crippen MR) is 117 cm³/mol. The third-order valence-electron chi connectivity index (χ3n) is 4.51. The average molecular weight is 412 g/mol. The molecule has 1 heterocycles. The van der Waals surface area contributed by atoms with Crippen LogP contribution in [-0.2, 0) is 9.53 Å². The van der Waals surface area contributed by atoms with Crippen molar-refractivity contribution in [1.82, 2.24) is 14.9 Å². The van der Waals surface area contributed by atoms with E-state index in [4.69, 9.17) is 9.72 Å². The number of hydrogen-bond acceptors (Lipinski definition) is 5. The first-order chi connectivity index (χ1) is 13.9. The van der Waals surface area contributed by atoms with E-state index < -0.39 is 0 Å². The number of carbonyl (C=O) groups is 1. The van der Waals surface area contributed by atoms with E-state index in [2.05, 4.69) is 5.32 Å². The van der Waals surface area contributed by atoms with Crippen LogP contribution in [0.25, 0.3) is 16.6 Å². The molecule has 1 aromatic heterocycles. The molecule has 1 unspecified atom stereocenters. The fourth-order valence-corrected chi connectivity index (χ4v) is 3.94. The van der Waals surface area contributed by atoms with Crippen molar-refractivity contribution in [3.05, 3.63) is 63.9 Å². The number of amides is 1. The van der Waals surface area contributed by atoms with E-state index in [0.29, 0.717) is 22.7 Å². The van der Waals surface area contributed by atoms with Gasteiger partial charge in [0.15, 0.2) is 5.16 Å². The molecule has 0 aliphatic carbocycles. The van der Waals surface area contributed by atoms with Crippen LogP contribution in [0.5, 0.6) is 0 Å². The topological polar surface area (TPSA) is 73.2 Å². The summed E-state index contributed by atoms with van der Waals surface area (Å²) in [5.74, 6) is 0.0263. The number of carbonyl (C=O) groups excluding carboxylic acids is 1. The average Bonchev–Trinajstić information content (AvgIpc) is 2.69. The molecule has 1 amide bonds. The van der Waals surface area contributed by atoms with Gasteiger partial charge in [-0.25, -0.2) is 4.98 Å². The van der Waals surface area contributed by atoms with Crippen LogP contribution in [0.15, 0.2) is 52.4 Å². The first kappa shape index (κ1) is 21.1. The van der Waals surface area contributed by atoms with Crippen LogP contribution in [0.4, 0.5) is 0 Å². The van der Waals surface area contributed by atoms with Crippen molar-refractivity contribution in [3.63, 3.8) is 0 Å². The van der Waals surface area contributed by atoms with Crippen molar-refractivity contribution >= 4 is 28.6 Å². The van der Waals surface area contributed by atoms with Crippen LogP contribution in [0.3, 0.4) is 0 Å². The molecule has 7 heteroatoms. The van der Waals surface area contributed by atoms with Gasteiger partial charge in [-0.2, -0.15) is 0 Å². The highest BCUT2D eigenvalue weighted by molar-refractivity contribution is 7.99. The number of aryl methyl sites for hydroxylation is 2. The molecule has 3 aromatic rings. The van der Waals surface area contributed by atoms with Gasteiger partial charge in [0.1, 0.15) is 0 Å². The highest BCUT2D eigenvalue weighted by Crippen LogP contribution is 2.23. The number of ether oxygens (including phenoxy) is 1. The van der Waals surface area contributed by atoms with Gasteiger partial charge in [-0.1, -0.05) is 36.0 Å². The van der Waals surface area contributed by atoms with Gasteiger partial charge in [-0.3, -0.25) is 14.2 Å². The summed E-state index contributed by atoms with van der Waals surface area (Å²) in [7, 11) is 1.60. The van der Waals surface area contributed by atoms with Gasteiger partial charge in [0.25, 0.3) is 5.56 Å². The number of nitrogens with one attached hydrogen (secondary N) is 1. The van der Waals surface area contributed by atoms with Gasteiger partial charge < -0.3 is 10.1 Å². The lowest BCUT2D eigenvalue weighted by molar-refractivity contribution is -0.119. The molecule has 0 spiro atoms. The lowest BCUT2D eigenvalue weighted by atomic mass is 10.1. The molecule has 6 nitrogen and oxygen atoms in total. The van der Waals surface area contributed by atoms with Crippen LogP contribution >= 0.6 is 11.8 Å². The second kappa shape index (κ2) is 9.24. The van der Waals surface area contributed by atoms with Crippen LogP contribution in [0, 0.1) is 13.8 Å². The first-order valence-corrected chi connectivity index (χ1v) is 10.4. The maximum atomic E-state index is 13.3. The summed E-state index contributed by atoms with van der Waals surface area (Å²) < 4.78 is 6.67. The van der Waals surface area contributed by atoms with Gasteiger partial charge in [0.05, 0.1) is 29.0 Å². The molecule has 0 aliphatic rings. The standard InChI is InChI=1S/C22H25N3O3S/c1-14-9-10-15(2)19(11-14)25-21(27)17-7-5-6-8-18(17)24-22(25)29-13-20(26)23-16(3)12-28-4/h5-11,16H,12-13H2,1-4H3,(H,23,26). The molecule has 0 bridgehead atoms.